The summed E-state index contributed by atoms with van der Waals surface area (Å²) >= 11 is 0. The molecule has 0 bridgehead atoms. The molecule has 2 rings (SSSR count). The molecule has 1 atom stereocenters. The van der Waals surface area contributed by atoms with Crippen LogP contribution < -0.4 is 0 Å². The van der Waals surface area contributed by atoms with Crippen LogP contribution in [-0.4, -0.2) is 65.9 Å². The van der Waals surface area contributed by atoms with Crippen molar-refractivity contribution in [3.63, 3.8) is 0 Å². The van der Waals surface area contributed by atoms with E-state index in [1.165, 1.54) is 5.56 Å². The van der Waals surface area contributed by atoms with Gasteiger partial charge in [0.25, 0.3) is 0 Å². The highest BCUT2D eigenvalue weighted by Crippen LogP contribution is 2.17. The molecule has 0 amide bonds. The number of benzene rings is 1. The third kappa shape index (κ3) is 5.36. The fourth-order valence-corrected chi connectivity index (χ4v) is 3.03. The Hall–Kier alpha value is -0.940. The Kier molecular flexibility index (Phi) is 6.83. The van der Waals surface area contributed by atoms with E-state index in [1.54, 1.807) is 0 Å². The van der Waals surface area contributed by atoms with Gasteiger partial charge in [0, 0.05) is 39.3 Å². The van der Waals surface area contributed by atoms with Crippen molar-refractivity contribution in [3.05, 3.63) is 35.4 Å². The van der Waals surface area contributed by atoms with Gasteiger partial charge in [0.05, 0.1) is 12.7 Å². The Morgan fingerprint density at radius 1 is 1.00 bits per heavy atom. The average Bonchev–Trinajstić information content (AvgIpc) is 2.49. The number of piperazine rings is 1. The first-order chi connectivity index (χ1) is 10.6. The maximum absolute atomic E-state index is 10.4. The molecule has 1 aliphatic heterocycles. The first kappa shape index (κ1) is 17.4. The minimum absolute atomic E-state index is 0.228. The molecule has 22 heavy (non-hydrogen) atoms. The van der Waals surface area contributed by atoms with Gasteiger partial charge in [-0.1, -0.05) is 38.1 Å². The summed E-state index contributed by atoms with van der Waals surface area (Å²) in [5.41, 5.74) is 2.34. The van der Waals surface area contributed by atoms with Crippen molar-refractivity contribution in [2.24, 2.45) is 5.92 Å². The van der Waals surface area contributed by atoms with Crippen LogP contribution in [0.25, 0.3) is 0 Å². The fraction of sp³-hybridized carbons (Fsp3) is 0.667. The van der Waals surface area contributed by atoms with Crippen LogP contribution in [0.1, 0.15) is 31.1 Å². The second-order valence-electron chi connectivity index (χ2n) is 6.72. The highest BCUT2D eigenvalue weighted by molar-refractivity contribution is 5.24. The number of hydrogen-bond acceptors (Lipinski definition) is 4. The second-order valence-corrected chi connectivity index (χ2v) is 6.72. The van der Waals surface area contributed by atoms with Crippen molar-refractivity contribution in [1.82, 2.24) is 9.80 Å². The quantitative estimate of drug-likeness (QED) is 0.802. The summed E-state index contributed by atoms with van der Waals surface area (Å²) in [6, 6.07) is 8.39. The van der Waals surface area contributed by atoms with E-state index in [2.05, 4.69) is 47.9 Å². The Balaban J connectivity index is 1.81. The molecule has 0 saturated carbocycles. The van der Waals surface area contributed by atoms with E-state index >= 15 is 0 Å². The second kappa shape index (κ2) is 8.63. The van der Waals surface area contributed by atoms with Crippen molar-refractivity contribution in [2.75, 3.05) is 45.9 Å². The van der Waals surface area contributed by atoms with Crippen LogP contribution in [0.2, 0.25) is 0 Å². The minimum Gasteiger partial charge on any atom is -0.395 e. The van der Waals surface area contributed by atoms with Crippen LogP contribution in [0.15, 0.2) is 24.3 Å². The summed E-state index contributed by atoms with van der Waals surface area (Å²) in [4.78, 5) is 4.57. The predicted octanol–water partition coefficient (Wildman–Crippen LogP) is 1.53. The van der Waals surface area contributed by atoms with Crippen LogP contribution in [0.5, 0.6) is 0 Å². The molecule has 0 spiro atoms. The first-order valence-electron chi connectivity index (χ1n) is 8.41. The monoisotopic (exact) mass is 306 g/mol. The van der Waals surface area contributed by atoms with Crippen molar-refractivity contribution in [3.8, 4) is 0 Å². The summed E-state index contributed by atoms with van der Waals surface area (Å²) in [7, 11) is 0. The molecule has 0 aromatic heterocycles. The van der Waals surface area contributed by atoms with Gasteiger partial charge in [-0.25, -0.2) is 0 Å². The van der Waals surface area contributed by atoms with Crippen LogP contribution >= 0.6 is 0 Å². The molecule has 2 N–H and O–H groups in total. The van der Waals surface area contributed by atoms with Gasteiger partial charge in [-0.15, -0.1) is 0 Å². The number of aliphatic hydroxyl groups excluding tert-OH is 2. The normalized spacial score (nSPS) is 18.8. The van der Waals surface area contributed by atoms with Gasteiger partial charge in [-0.05, 0) is 23.5 Å². The van der Waals surface area contributed by atoms with Gasteiger partial charge in [-0.2, -0.15) is 0 Å². The van der Waals surface area contributed by atoms with Gasteiger partial charge in [0.15, 0.2) is 0 Å². The lowest BCUT2D eigenvalue weighted by molar-refractivity contribution is 0.0661. The van der Waals surface area contributed by atoms with Crippen molar-refractivity contribution < 1.29 is 10.2 Å². The van der Waals surface area contributed by atoms with E-state index in [1.807, 2.05) is 0 Å². The molecule has 1 aromatic rings. The number of β-amino-alcohol motifs (C(OH)–C–C–N with tert-alkyl or cyclic N) is 2. The molecule has 124 valence electrons. The molecular formula is C18H30N2O2. The summed E-state index contributed by atoms with van der Waals surface area (Å²) < 4.78 is 0. The summed E-state index contributed by atoms with van der Waals surface area (Å²) in [6.07, 6.45) is 0.668. The zero-order valence-corrected chi connectivity index (χ0v) is 13.9. The van der Waals surface area contributed by atoms with Gasteiger partial charge in [-0.3, -0.25) is 9.80 Å². The van der Waals surface area contributed by atoms with E-state index in [9.17, 15) is 5.11 Å². The maximum atomic E-state index is 10.4. The SMILES string of the molecule is CC(C)Cc1ccc([C@@H](O)CN2CCN(CCO)CC2)cc1. The molecule has 1 fully saturated rings. The molecule has 1 saturated heterocycles. The van der Waals surface area contributed by atoms with Gasteiger partial charge in [0.1, 0.15) is 0 Å². The third-order valence-electron chi connectivity index (χ3n) is 4.32. The summed E-state index contributed by atoms with van der Waals surface area (Å²) in [5, 5.41) is 19.4. The van der Waals surface area contributed by atoms with E-state index < -0.39 is 6.10 Å². The molecular weight excluding hydrogens is 276 g/mol. The zero-order chi connectivity index (χ0) is 15.9. The number of rotatable bonds is 7. The zero-order valence-electron chi connectivity index (χ0n) is 13.9. The topological polar surface area (TPSA) is 46.9 Å². The number of aliphatic hydroxyl groups is 2. The van der Waals surface area contributed by atoms with Crippen LogP contribution in [0.4, 0.5) is 0 Å². The number of hydrogen-bond donors (Lipinski definition) is 2. The van der Waals surface area contributed by atoms with Crippen molar-refractivity contribution >= 4 is 0 Å². The molecule has 1 aromatic carbocycles. The smallest absolute Gasteiger partial charge is 0.0916 e. The van der Waals surface area contributed by atoms with Crippen LogP contribution in [-0.2, 0) is 6.42 Å². The Morgan fingerprint density at radius 2 is 1.59 bits per heavy atom. The highest BCUT2D eigenvalue weighted by atomic mass is 16.3. The predicted molar refractivity (Wildman–Crippen MR) is 89.9 cm³/mol. The van der Waals surface area contributed by atoms with Crippen molar-refractivity contribution in [1.29, 1.82) is 0 Å². The molecule has 0 radical (unpaired) electrons. The Morgan fingerprint density at radius 3 is 2.14 bits per heavy atom. The third-order valence-corrected chi connectivity index (χ3v) is 4.32. The van der Waals surface area contributed by atoms with E-state index in [-0.39, 0.29) is 6.61 Å². The van der Waals surface area contributed by atoms with Crippen LogP contribution in [0, 0.1) is 5.92 Å². The molecule has 1 heterocycles. The highest BCUT2D eigenvalue weighted by Gasteiger charge is 2.19. The molecule has 4 nitrogen and oxygen atoms in total. The Bertz CT molecular complexity index is 425. The van der Waals surface area contributed by atoms with Crippen molar-refractivity contribution in [2.45, 2.75) is 26.4 Å². The first-order valence-corrected chi connectivity index (χ1v) is 8.41. The lowest BCUT2D eigenvalue weighted by Crippen LogP contribution is -2.48. The molecule has 0 aliphatic carbocycles. The van der Waals surface area contributed by atoms with E-state index in [4.69, 9.17) is 5.11 Å². The standard InChI is InChI=1S/C18H30N2O2/c1-15(2)13-16-3-5-17(6-4-16)18(22)14-20-9-7-19(8-10-20)11-12-21/h3-6,15,18,21-22H,7-14H2,1-2H3/t18-/m0/s1. The fourth-order valence-electron chi connectivity index (χ4n) is 3.03. The Labute approximate surface area is 134 Å². The minimum atomic E-state index is -0.419. The summed E-state index contributed by atoms with van der Waals surface area (Å²) in [5.74, 6) is 0.658. The van der Waals surface area contributed by atoms with Gasteiger partial charge < -0.3 is 10.2 Å². The molecule has 0 unspecified atom stereocenters. The van der Waals surface area contributed by atoms with E-state index in [0.29, 0.717) is 12.5 Å². The van der Waals surface area contributed by atoms with Gasteiger partial charge in [0.2, 0.25) is 0 Å². The molecule has 1 aliphatic rings. The van der Waals surface area contributed by atoms with Gasteiger partial charge >= 0.3 is 0 Å². The largest absolute Gasteiger partial charge is 0.395 e. The summed E-state index contributed by atoms with van der Waals surface area (Å²) in [6.45, 7) is 9.99. The van der Waals surface area contributed by atoms with E-state index in [0.717, 1.165) is 44.7 Å². The average molecular weight is 306 g/mol. The van der Waals surface area contributed by atoms with Crippen LogP contribution in [0.3, 0.4) is 0 Å². The molecule has 4 heteroatoms. The lowest BCUT2D eigenvalue weighted by Gasteiger charge is -2.35. The maximum Gasteiger partial charge on any atom is 0.0916 e. The lowest BCUT2D eigenvalue weighted by atomic mass is 10.00. The number of nitrogens with zero attached hydrogens (tertiary/aromatic N) is 2.